The zero-order valence-corrected chi connectivity index (χ0v) is 14.7. The van der Waals surface area contributed by atoms with Crippen LogP contribution in [0.5, 0.6) is 0 Å². The number of nitrogens with zero attached hydrogens (tertiary/aromatic N) is 1. The van der Waals surface area contributed by atoms with Gasteiger partial charge in [0, 0.05) is 19.1 Å². The van der Waals surface area contributed by atoms with Crippen LogP contribution in [0.15, 0.2) is 30.3 Å². The van der Waals surface area contributed by atoms with Crippen LogP contribution in [0.2, 0.25) is 0 Å². The van der Waals surface area contributed by atoms with E-state index in [1.165, 1.54) is 7.11 Å². The number of amides is 1. The van der Waals surface area contributed by atoms with E-state index in [2.05, 4.69) is 5.32 Å². The molecular formula is C18H26N2O4. The summed E-state index contributed by atoms with van der Waals surface area (Å²) in [6, 6.07) is 9.04. The van der Waals surface area contributed by atoms with Gasteiger partial charge in [0.25, 0.3) is 0 Å². The lowest BCUT2D eigenvalue weighted by molar-refractivity contribution is -0.146. The Balaban J connectivity index is 2.01. The number of rotatable bonds is 4. The molecule has 1 aromatic rings. The molecule has 2 rings (SSSR count). The zero-order valence-electron chi connectivity index (χ0n) is 14.7. The Morgan fingerprint density at radius 3 is 2.50 bits per heavy atom. The highest BCUT2D eigenvalue weighted by Gasteiger charge is 2.35. The SMILES string of the molecule is COC(=O)[C@@H](c1ccccc1)N1CC[C@@H](NC(=O)OC(C)(C)C)C1. The van der Waals surface area contributed by atoms with Gasteiger partial charge in [-0.2, -0.15) is 0 Å². The molecule has 24 heavy (non-hydrogen) atoms. The second kappa shape index (κ2) is 7.66. The molecule has 0 bridgehead atoms. The average molecular weight is 334 g/mol. The van der Waals surface area contributed by atoms with E-state index in [1.807, 2.05) is 56.0 Å². The van der Waals surface area contributed by atoms with E-state index in [9.17, 15) is 9.59 Å². The fourth-order valence-electron chi connectivity index (χ4n) is 2.86. The Morgan fingerprint density at radius 2 is 1.92 bits per heavy atom. The predicted octanol–water partition coefficient (Wildman–Crippen LogP) is 2.50. The van der Waals surface area contributed by atoms with Crippen LogP contribution in [0.25, 0.3) is 0 Å². The van der Waals surface area contributed by atoms with Gasteiger partial charge in [-0.1, -0.05) is 30.3 Å². The van der Waals surface area contributed by atoms with Gasteiger partial charge in [-0.3, -0.25) is 4.90 Å². The van der Waals surface area contributed by atoms with Crippen LogP contribution < -0.4 is 5.32 Å². The van der Waals surface area contributed by atoms with Crippen molar-refractivity contribution in [1.82, 2.24) is 10.2 Å². The number of alkyl carbamates (subject to hydrolysis) is 1. The molecule has 1 N–H and O–H groups in total. The van der Waals surface area contributed by atoms with Gasteiger partial charge in [-0.05, 0) is 32.8 Å². The van der Waals surface area contributed by atoms with Gasteiger partial charge in [0.2, 0.25) is 0 Å². The van der Waals surface area contributed by atoms with Crippen LogP contribution in [0, 0.1) is 0 Å². The molecule has 0 saturated carbocycles. The summed E-state index contributed by atoms with van der Waals surface area (Å²) < 4.78 is 10.3. The molecule has 6 nitrogen and oxygen atoms in total. The lowest BCUT2D eigenvalue weighted by Crippen LogP contribution is -2.41. The number of nitrogens with one attached hydrogen (secondary N) is 1. The largest absolute Gasteiger partial charge is 0.468 e. The highest BCUT2D eigenvalue weighted by atomic mass is 16.6. The van der Waals surface area contributed by atoms with E-state index < -0.39 is 17.7 Å². The zero-order chi connectivity index (χ0) is 17.7. The predicted molar refractivity (Wildman–Crippen MR) is 90.5 cm³/mol. The second-order valence-electron chi connectivity index (χ2n) is 6.96. The molecule has 0 radical (unpaired) electrons. The van der Waals surface area contributed by atoms with Gasteiger partial charge in [0.15, 0.2) is 0 Å². The molecule has 1 amide bonds. The van der Waals surface area contributed by atoms with E-state index in [-0.39, 0.29) is 12.0 Å². The van der Waals surface area contributed by atoms with Crippen LogP contribution in [0.3, 0.4) is 0 Å². The van der Waals surface area contributed by atoms with E-state index in [0.29, 0.717) is 13.1 Å². The minimum atomic E-state index is -0.527. The van der Waals surface area contributed by atoms with Gasteiger partial charge in [0.1, 0.15) is 11.6 Å². The quantitative estimate of drug-likeness (QED) is 0.857. The molecule has 0 spiro atoms. The first-order valence-electron chi connectivity index (χ1n) is 8.16. The van der Waals surface area contributed by atoms with Crippen molar-refractivity contribution in [3.05, 3.63) is 35.9 Å². The summed E-state index contributed by atoms with van der Waals surface area (Å²) in [6.07, 6.45) is 0.336. The van der Waals surface area contributed by atoms with Gasteiger partial charge < -0.3 is 14.8 Å². The van der Waals surface area contributed by atoms with Crippen molar-refractivity contribution in [2.24, 2.45) is 0 Å². The highest BCUT2D eigenvalue weighted by molar-refractivity contribution is 5.77. The summed E-state index contributed by atoms with van der Waals surface area (Å²) in [4.78, 5) is 26.2. The highest BCUT2D eigenvalue weighted by Crippen LogP contribution is 2.26. The van der Waals surface area contributed by atoms with Crippen LogP contribution in [-0.2, 0) is 14.3 Å². The normalized spacial score (nSPS) is 19.6. The first kappa shape index (κ1) is 18.3. The van der Waals surface area contributed by atoms with Gasteiger partial charge >= 0.3 is 12.1 Å². The third-order valence-corrected chi connectivity index (χ3v) is 3.85. The second-order valence-corrected chi connectivity index (χ2v) is 6.96. The molecule has 1 aromatic carbocycles. The molecule has 1 aliphatic rings. The minimum absolute atomic E-state index is 0.0456. The number of hydrogen-bond acceptors (Lipinski definition) is 5. The number of hydrogen-bond donors (Lipinski definition) is 1. The Kier molecular flexibility index (Phi) is 5.83. The number of likely N-dealkylation sites (tertiary alicyclic amines) is 1. The van der Waals surface area contributed by atoms with Crippen LogP contribution >= 0.6 is 0 Å². The molecular weight excluding hydrogens is 308 g/mol. The smallest absolute Gasteiger partial charge is 0.407 e. The van der Waals surface area contributed by atoms with Crippen molar-refractivity contribution < 1.29 is 19.1 Å². The maximum Gasteiger partial charge on any atom is 0.407 e. The van der Waals surface area contributed by atoms with Gasteiger partial charge in [-0.25, -0.2) is 9.59 Å². The molecule has 1 aliphatic heterocycles. The maximum absolute atomic E-state index is 12.2. The monoisotopic (exact) mass is 334 g/mol. The fraction of sp³-hybridized carbons (Fsp3) is 0.556. The number of methoxy groups -OCH3 is 1. The minimum Gasteiger partial charge on any atom is -0.468 e. The Labute approximate surface area is 143 Å². The van der Waals surface area contributed by atoms with Crippen molar-refractivity contribution in [1.29, 1.82) is 0 Å². The molecule has 2 atom stereocenters. The molecule has 6 heteroatoms. The van der Waals surface area contributed by atoms with E-state index >= 15 is 0 Å². The number of carbonyl (C=O) groups excluding carboxylic acids is 2. The number of esters is 1. The van der Waals surface area contributed by atoms with Crippen LogP contribution in [-0.4, -0.2) is 48.8 Å². The summed E-state index contributed by atoms with van der Waals surface area (Å²) in [5.74, 6) is -0.292. The standard InChI is InChI=1S/C18H26N2O4/c1-18(2,3)24-17(22)19-14-10-11-20(12-14)15(16(21)23-4)13-8-6-5-7-9-13/h5-9,14-15H,10-12H2,1-4H3,(H,19,22)/t14-,15-/m1/s1. The van der Waals surface area contributed by atoms with Crippen molar-refractivity contribution >= 4 is 12.1 Å². The lowest BCUT2D eigenvalue weighted by Gasteiger charge is -2.26. The fourth-order valence-corrected chi connectivity index (χ4v) is 2.86. The molecule has 1 heterocycles. The topological polar surface area (TPSA) is 67.9 Å². The molecule has 0 unspecified atom stereocenters. The molecule has 1 fully saturated rings. The van der Waals surface area contributed by atoms with Crippen molar-refractivity contribution in [2.75, 3.05) is 20.2 Å². The number of benzene rings is 1. The van der Waals surface area contributed by atoms with E-state index in [1.54, 1.807) is 0 Å². The summed E-state index contributed by atoms with van der Waals surface area (Å²) in [5.41, 5.74) is 0.364. The summed E-state index contributed by atoms with van der Waals surface area (Å²) in [6.45, 7) is 6.77. The average Bonchev–Trinajstić information content (AvgIpc) is 2.94. The first-order chi connectivity index (χ1) is 11.3. The Bertz CT molecular complexity index is 568. The van der Waals surface area contributed by atoms with Gasteiger partial charge in [0.05, 0.1) is 7.11 Å². The first-order valence-corrected chi connectivity index (χ1v) is 8.16. The van der Waals surface area contributed by atoms with Crippen molar-refractivity contribution in [3.63, 3.8) is 0 Å². The molecule has 1 saturated heterocycles. The summed E-state index contributed by atoms with van der Waals surface area (Å²) in [7, 11) is 1.39. The molecule has 0 aromatic heterocycles. The van der Waals surface area contributed by atoms with Crippen LogP contribution in [0.4, 0.5) is 4.79 Å². The maximum atomic E-state index is 12.2. The third-order valence-electron chi connectivity index (χ3n) is 3.85. The Morgan fingerprint density at radius 1 is 1.25 bits per heavy atom. The van der Waals surface area contributed by atoms with Gasteiger partial charge in [-0.15, -0.1) is 0 Å². The van der Waals surface area contributed by atoms with Crippen LogP contribution in [0.1, 0.15) is 38.8 Å². The lowest BCUT2D eigenvalue weighted by atomic mass is 10.1. The third kappa shape index (κ3) is 4.96. The Hall–Kier alpha value is -2.08. The van der Waals surface area contributed by atoms with E-state index in [4.69, 9.17) is 9.47 Å². The summed E-state index contributed by atoms with van der Waals surface area (Å²) >= 11 is 0. The van der Waals surface area contributed by atoms with E-state index in [0.717, 1.165) is 12.0 Å². The summed E-state index contributed by atoms with van der Waals surface area (Å²) in [5, 5.41) is 2.87. The van der Waals surface area contributed by atoms with Crippen molar-refractivity contribution in [3.8, 4) is 0 Å². The molecule has 0 aliphatic carbocycles. The van der Waals surface area contributed by atoms with Crippen molar-refractivity contribution in [2.45, 2.75) is 44.9 Å². The number of ether oxygens (including phenoxy) is 2. The molecule has 132 valence electrons. The number of carbonyl (C=O) groups is 2.